The Balaban J connectivity index is 0.00000235. The Kier molecular flexibility index (Phi) is 12.2. The second-order valence-corrected chi connectivity index (χ2v) is 11.4. The lowest BCUT2D eigenvalue weighted by molar-refractivity contribution is -0.129. The molecule has 0 atom stereocenters. The number of carbonyl (C=O) groups is 2. The molecule has 2 aromatic heterocycles. The normalized spacial score (nSPS) is 10.7. The summed E-state index contributed by atoms with van der Waals surface area (Å²) in [6, 6.07) is 20.4. The summed E-state index contributed by atoms with van der Waals surface area (Å²) >= 11 is 8.24. The minimum atomic E-state index is -0.348. The van der Waals surface area contributed by atoms with Crippen molar-refractivity contribution in [2.24, 2.45) is 0 Å². The number of fused-ring (bicyclic) bond motifs is 1. The number of carbonyl (C=O) groups excluding carboxylic acids is 2. The smallest absolute Gasteiger partial charge is 0.229 e. The van der Waals surface area contributed by atoms with E-state index in [1.54, 1.807) is 53.9 Å². The molecule has 8 nitrogen and oxygen atoms in total. The molecule has 0 saturated heterocycles. The summed E-state index contributed by atoms with van der Waals surface area (Å²) in [6.07, 6.45) is 3.41. The number of thioether (sulfide) groups is 1. The number of anilines is 2. The lowest BCUT2D eigenvalue weighted by Gasteiger charge is -2.22. The van der Waals surface area contributed by atoms with Gasteiger partial charge in [-0.2, -0.15) is 11.8 Å². The number of aromatic nitrogens is 2. The SMILES string of the molecule is CC.CSCCN(Cc1ccc(-c2ccc3ncnc(N(C(C)=O)c4ccc(OCc5cccc(F)c5)c(Cl)c4)c3c2)o1)C(C)=O. The van der Waals surface area contributed by atoms with Gasteiger partial charge in [0.1, 0.15) is 36.0 Å². The number of ether oxygens (including phenoxy) is 1. The van der Waals surface area contributed by atoms with Crippen molar-refractivity contribution in [1.82, 2.24) is 14.9 Å². The van der Waals surface area contributed by atoms with E-state index in [9.17, 15) is 14.0 Å². The first kappa shape index (κ1) is 34.5. The number of hydrogen-bond acceptors (Lipinski definition) is 7. The molecular weight excluding hydrogens is 627 g/mol. The van der Waals surface area contributed by atoms with Gasteiger partial charge in [0.05, 0.1) is 22.8 Å². The molecule has 0 spiro atoms. The number of rotatable bonds is 11. The summed E-state index contributed by atoms with van der Waals surface area (Å²) in [5.74, 6) is 2.24. The van der Waals surface area contributed by atoms with Crippen molar-refractivity contribution < 1.29 is 23.1 Å². The number of halogens is 2. The molecule has 240 valence electrons. The molecule has 46 heavy (non-hydrogen) atoms. The largest absolute Gasteiger partial charge is 0.487 e. The molecule has 0 fully saturated rings. The van der Waals surface area contributed by atoms with E-state index in [2.05, 4.69) is 9.97 Å². The van der Waals surface area contributed by atoms with Crippen LogP contribution in [0.15, 0.2) is 83.5 Å². The molecule has 0 saturated carbocycles. The number of benzene rings is 3. The van der Waals surface area contributed by atoms with E-state index in [-0.39, 0.29) is 29.3 Å². The van der Waals surface area contributed by atoms with Crippen molar-refractivity contribution in [2.45, 2.75) is 40.8 Å². The summed E-state index contributed by atoms with van der Waals surface area (Å²) in [7, 11) is 0. The average molecular weight is 663 g/mol. The third-order valence-corrected chi connectivity index (χ3v) is 7.79. The van der Waals surface area contributed by atoms with Gasteiger partial charge in [0.25, 0.3) is 0 Å². The molecule has 5 aromatic rings. The van der Waals surface area contributed by atoms with E-state index in [0.29, 0.717) is 58.3 Å². The monoisotopic (exact) mass is 662 g/mol. The molecule has 2 amide bonds. The van der Waals surface area contributed by atoms with Gasteiger partial charge >= 0.3 is 0 Å². The highest BCUT2D eigenvalue weighted by Crippen LogP contribution is 2.36. The Bertz CT molecular complexity index is 1820. The number of nitrogens with zero attached hydrogens (tertiary/aromatic N) is 4. The van der Waals surface area contributed by atoms with E-state index in [1.807, 2.05) is 50.4 Å². The first-order chi connectivity index (χ1) is 22.2. The van der Waals surface area contributed by atoms with Gasteiger partial charge in [-0.3, -0.25) is 14.5 Å². The predicted molar refractivity (Wildman–Crippen MR) is 183 cm³/mol. The van der Waals surface area contributed by atoms with Crippen LogP contribution in [-0.4, -0.2) is 45.2 Å². The van der Waals surface area contributed by atoms with E-state index in [0.717, 1.165) is 11.3 Å². The molecular formula is C35H36ClFN4O4S. The predicted octanol–water partition coefficient (Wildman–Crippen LogP) is 8.68. The van der Waals surface area contributed by atoms with E-state index in [4.69, 9.17) is 20.8 Å². The number of furan rings is 1. The van der Waals surface area contributed by atoms with Crippen molar-refractivity contribution in [2.75, 3.05) is 23.5 Å². The van der Waals surface area contributed by atoms with Crippen molar-refractivity contribution in [3.63, 3.8) is 0 Å². The van der Waals surface area contributed by atoms with Crippen molar-refractivity contribution in [1.29, 1.82) is 0 Å². The fourth-order valence-corrected chi connectivity index (χ4v) is 5.35. The Morgan fingerprint density at radius 1 is 0.978 bits per heavy atom. The second-order valence-electron chi connectivity index (χ2n) is 10.0. The number of amides is 2. The van der Waals surface area contributed by atoms with Crippen LogP contribution in [0.25, 0.3) is 22.2 Å². The first-order valence-electron chi connectivity index (χ1n) is 14.8. The Hall–Kier alpha value is -4.41. The molecule has 11 heteroatoms. The van der Waals surface area contributed by atoms with Crippen LogP contribution in [0.4, 0.5) is 15.9 Å². The summed E-state index contributed by atoms with van der Waals surface area (Å²) in [6.45, 7) is 8.13. The maximum atomic E-state index is 13.5. The lowest BCUT2D eigenvalue weighted by Crippen LogP contribution is -2.30. The van der Waals surface area contributed by atoms with Crippen LogP contribution in [0.1, 0.15) is 39.0 Å². The van der Waals surface area contributed by atoms with Crippen LogP contribution in [0.2, 0.25) is 5.02 Å². The summed E-state index contributed by atoms with van der Waals surface area (Å²) in [5.41, 5.74) is 2.55. The van der Waals surface area contributed by atoms with Gasteiger partial charge in [-0.05, 0) is 72.5 Å². The Morgan fingerprint density at radius 3 is 2.48 bits per heavy atom. The zero-order chi connectivity index (χ0) is 33.2. The molecule has 5 rings (SSSR count). The van der Waals surface area contributed by atoms with E-state index < -0.39 is 0 Å². The summed E-state index contributed by atoms with van der Waals surface area (Å²) < 4.78 is 25.5. The zero-order valence-corrected chi connectivity index (χ0v) is 28.0. The fourth-order valence-electron chi connectivity index (χ4n) is 4.72. The first-order valence-corrected chi connectivity index (χ1v) is 16.6. The van der Waals surface area contributed by atoms with Gasteiger partial charge in [0.2, 0.25) is 11.8 Å². The highest BCUT2D eigenvalue weighted by molar-refractivity contribution is 7.98. The van der Waals surface area contributed by atoms with Crippen molar-refractivity contribution in [3.8, 4) is 17.1 Å². The minimum absolute atomic E-state index is 0.0138. The second kappa shape index (κ2) is 16.2. The van der Waals surface area contributed by atoms with Crippen LogP contribution < -0.4 is 9.64 Å². The highest BCUT2D eigenvalue weighted by Gasteiger charge is 2.21. The molecule has 0 aliphatic heterocycles. The van der Waals surface area contributed by atoms with E-state index >= 15 is 0 Å². The zero-order valence-electron chi connectivity index (χ0n) is 26.4. The standard InChI is InChI=1S/C33H30ClFN4O4S.C2H6/c1-21(40)38(13-14-44-3)18-27-9-12-31(43-27)24-7-10-30-28(16-24)33(37-20-36-30)39(22(2)41)26-8-11-32(29(34)17-26)42-19-23-5-4-6-25(35)15-23;1-2/h4-12,15-17,20H,13-14,18-19H2,1-3H3;1-2H3. The highest BCUT2D eigenvalue weighted by atomic mass is 35.5. The van der Waals surface area contributed by atoms with Crippen molar-refractivity contribution >= 4 is 57.6 Å². The van der Waals surface area contributed by atoms with Gasteiger partial charge in [-0.1, -0.05) is 37.6 Å². The average Bonchev–Trinajstić information content (AvgIpc) is 3.52. The van der Waals surface area contributed by atoms with Crippen LogP contribution in [-0.2, 0) is 22.7 Å². The molecule has 2 heterocycles. The van der Waals surface area contributed by atoms with Gasteiger partial charge in [0.15, 0.2) is 5.82 Å². The molecule has 0 N–H and O–H groups in total. The quantitative estimate of drug-likeness (QED) is 0.140. The fraction of sp³-hybridized carbons (Fsp3) is 0.257. The van der Waals surface area contributed by atoms with Crippen LogP contribution in [0.5, 0.6) is 5.75 Å². The summed E-state index contributed by atoms with van der Waals surface area (Å²) in [5, 5.41) is 0.912. The van der Waals surface area contributed by atoms with Gasteiger partial charge in [0, 0.05) is 37.1 Å². The van der Waals surface area contributed by atoms with E-state index in [1.165, 1.54) is 30.3 Å². The molecule has 0 radical (unpaired) electrons. The molecule has 3 aromatic carbocycles. The van der Waals surface area contributed by atoms with Crippen molar-refractivity contribution in [3.05, 3.63) is 101 Å². The van der Waals surface area contributed by atoms with Gasteiger partial charge in [-0.15, -0.1) is 0 Å². The Morgan fingerprint density at radius 2 is 1.78 bits per heavy atom. The topological polar surface area (TPSA) is 88.8 Å². The molecule has 0 unspecified atom stereocenters. The van der Waals surface area contributed by atoms with Gasteiger partial charge in [-0.25, -0.2) is 14.4 Å². The van der Waals surface area contributed by atoms with Crippen LogP contribution in [0.3, 0.4) is 0 Å². The molecule has 0 aliphatic carbocycles. The summed E-state index contributed by atoms with van der Waals surface area (Å²) in [4.78, 5) is 37.2. The van der Waals surface area contributed by atoms with Crippen LogP contribution in [0, 0.1) is 5.82 Å². The van der Waals surface area contributed by atoms with Crippen LogP contribution >= 0.6 is 23.4 Å². The third-order valence-electron chi connectivity index (χ3n) is 6.90. The minimum Gasteiger partial charge on any atom is -0.487 e. The molecule has 0 aliphatic rings. The van der Waals surface area contributed by atoms with Gasteiger partial charge < -0.3 is 14.1 Å². The molecule has 0 bridgehead atoms. The maximum Gasteiger partial charge on any atom is 0.229 e. The Labute approximate surface area is 277 Å². The lowest BCUT2D eigenvalue weighted by atomic mass is 10.1. The maximum absolute atomic E-state index is 13.5. The number of hydrogen-bond donors (Lipinski definition) is 0. The third kappa shape index (κ3) is 8.44.